The molecule has 1 aromatic carbocycles. The van der Waals surface area contributed by atoms with Crippen LogP contribution in [0.25, 0.3) is 0 Å². The van der Waals surface area contributed by atoms with Gasteiger partial charge in [-0.05, 0) is 36.2 Å². The summed E-state index contributed by atoms with van der Waals surface area (Å²) in [5.74, 6) is -1.42. The quantitative estimate of drug-likeness (QED) is 0.503. The molecule has 0 saturated carbocycles. The van der Waals surface area contributed by atoms with Crippen molar-refractivity contribution in [3.63, 3.8) is 0 Å². The van der Waals surface area contributed by atoms with Crippen molar-refractivity contribution in [2.24, 2.45) is 5.73 Å². The molecule has 0 radical (unpaired) electrons. The van der Waals surface area contributed by atoms with Gasteiger partial charge in [-0.1, -0.05) is 13.8 Å². The molecular weight excluding hydrogens is 494 g/mol. The summed E-state index contributed by atoms with van der Waals surface area (Å²) in [5, 5.41) is 4.93. The van der Waals surface area contributed by atoms with Crippen LogP contribution in [0.5, 0.6) is 0 Å². The minimum atomic E-state index is -3.67. The van der Waals surface area contributed by atoms with Crippen molar-refractivity contribution in [3.8, 4) is 0 Å². The Kier molecular flexibility index (Phi) is 7.93. The van der Waals surface area contributed by atoms with Gasteiger partial charge in [-0.25, -0.2) is 13.2 Å². The molecule has 1 aliphatic rings. The van der Waals surface area contributed by atoms with Gasteiger partial charge in [-0.3, -0.25) is 19.7 Å². The molecule has 0 fully saturated rings. The van der Waals surface area contributed by atoms with Gasteiger partial charge in [0, 0.05) is 37.0 Å². The molecule has 188 valence electrons. The Morgan fingerprint density at radius 2 is 1.71 bits per heavy atom. The van der Waals surface area contributed by atoms with Gasteiger partial charge in [0.05, 0.1) is 17.0 Å². The fraction of sp³-hybridized carbons (Fsp3) is 0.364. The van der Waals surface area contributed by atoms with Gasteiger partial charge in [0.25, 0.3) is 11.8 Å². The third kappa shape index (κ3) is 5.52. The number of hydrogen-bond acceptors (Lipinski definition) is 7. The average molecular weight is 522 g/mol. The number of rotatable bonds is 7. The van der Waals surface area contributed by atoms with Gasteiger partial charge in [0.15, 0.2) is 0 Å². The number of benzene rings is 1. The minimum Gasteiger partial charge on any atom is -0.351 e. The Balaban J connectivity index is 1.90. The maximum atomic E-state index is 13.0. The normalized spacial score (nSPS) is 13.3. The number of carbonyl (C=O) groups is 4. The monoisotopic (exact) mass is 521 g/mol. The molecule has 35 heavy (non-hydrogen) atoms. The predicted octanol–water partition coefficient (Wildman–Crippen LogP) is 1.74. The molecule has 0 bridgehead atoms. The van der Waals surface area contributed by atoms with E-state index in [-0.39, 0.29) is 33.5 Å². The number of thiophene rings is 1. The molecule has 11 nitrogen and oxygen atoms in total. The zero-order valence-electron chi connectivity index (χ0n) is 19.6. The van der Waals surface area contributed by atoms with Gasteiger partial charge < -0.3 is 16.0 Å². The number of urea groups is 1. The Hall–Kier alpha value is -3.29. The smallest absolute Gasteiger partial charge is 0.319 e. The predicted molar refractivity (Wildman–Crippen MR) is 131 cm³/mol. The van der Waals surface area contributed by atoms with Crippen molar-refractivity contribution in [2.45, 2.75) is 38.6 Å². The summed E-state index contributed by atoms with van der Waals surface area (Å²) < 4.78 is 26.7. The first kappa shape index (κ1) is 26.3. The molecule has 0 aliphatic carbocycles. The highest BCUT2D eigenvalue weighted by atomic mass is 32.2. The Morgan fingerprint density at radius 3 is 2.26 bits per heavy atom. The Labute approximate surface area is 207 Å². The number of fused-ring (bicyclic) bond motifs is 1. The summed E-state index contributed by atoms with van der Waals surface area (Å²) >= 11 is 1.14. The summed E-state index contributed by atoms with van der Waals surface area (Å²) in [7, 11) is -3.67. The third-order valence-electron chi connectivity index (χ3n) is 5.65. The molecule has 2 aromatic rings. The Morgan fingerprint density at radius 1 is 1.09 bits per heavy atom. The first-order valence-corrected chi connectivity index (χ1v) is 13.2. The highest BCUT2D eigenvalue weighted by Gasteiger charge is 2.30. The number of nitrogens with one attached hydrogen (secondary N) is 2. The van der Waals surface area contributed by atoms with Crippen LogP contribution in [-0.2, 0) is 27.8 Å². The molecule has 1 aromatic heterocycles. The molecule has 0 spiro atoms. The zero-order chi connectivity index (χ0) is 25.9. The molecule has 4 N–H and O–H groups in total. The van der Waals surface area contributed by atoms with E-state index in [0.717, 1.165) is 16.2 Å². The fourth-order valence-electron chi connectivity index (χ4n) is 3.84. The summed E-state index contributed by atoms with van der Waals surface area (Å²) in [5.41, 5.74) is 6.06. The van der Waals surface area contributed by atoms with E-state index in [9.17, 15) is 27.6 Å². The average Bonchev–Trinajstić information content (AvgIpc) is 3.16. The molecule has 0 unspecified atom stereocenters. The molecule has 13 heteroatoms. The largest absolute Gasteiger partial charge is 0.351 e. The van der Waals surface area contributed by atoms with E-state index in [4.69, 9.17) is 5.73 Å². The van der Waals surface area contributed by atoms with Gasteiger partial charge in [-0.2, -0.15) is 4.31 Å². The fourth-order valence-corrected chi connectivity index (χ4v) is 6.55. The lowest BCUT2D eigenvalue weighted by Gasteiger charge is -2.25. The SMILES string of the molecule is CCN(CC)S(=O)(=O)c1ccc(C(=O)Nc2sc3c(c2C(=O)NC(N)=O)CCN(C(C)=O)C3)cc1. The maximum Gasteiger partial charge on any atom is 0.319 e. The van der Waals surface area contributed by atoms with Crippen LogP contribution in [0.1, 0.15) is 51.9 Å². The van der Waals surface area contributed by atoms with E-state index in [1.807, 2.05) is 5.32 Å². The number of imide groups is 1. The number of anilines is 1. The van der Waals surface area contributed by atoms with Crippen LogP contribution in [-0.4, -0.2) is 61.0 Å². The second kappa shape index (κ2) is 10.5. The summed E-state index contributed by atoms with van der Waals surface area (Å²) in [4.78, 5) is 51.1. The number of carbonyl (C=O) groups excluding carboxylic acids is 4. The van der Waals surface area contributed by atoms with Crippen LogP contribution in [0.15, 0.2) is 29.2 Å². The van der Waals surface area contributed by atoms with Crippen LogP contribution in [0, 0.1) is 0 Å². The summed E-state index contributed by atoms with van der Waals surface area (Å²) in [6.07, 6.45) is 0.376. The van der Waals surface area contributed by atoms with Crippen molar-refractivity contribution >= 4 is 50.1 Å². The standard InChI is InChI=1S/C22H27N5O6S2/c1-4-27(5-2)35(32,33)15-8-6-14(7-9-15)19(29)24-21-18(20(30)25-22(23)31)16-10-11-26(13(3)28)12-17(16)34-21/h6-9H,4-5,10-12H2,1-3H3,(H,24,29)(H3,23,25,30,31). The topological polar surface area (TPSA) is 159 Å². The number of primary amides is 1. The summed E-state index contributed by atoms with van der Waals surface area (Å²) in [6.45, 7) is 6.25. The van der Waals surface area contributed by atoms with Crippen molar-refractivity contribution in [3.05, 3.63) is 45.8 Å². The second-order valence-corrected chi connectivity index (χ2v) is 10.8. The second-order valence-electron chi connectivity index (χ2n) is 7.78. The lowest BCUT2D eigenvalue weighted by atomic mass is 10.0. The lowest BCUT2D eigenvalue weighted by molar-refractivity contribution is -0.129. The number of amides is 5. The van der Waals surface area contributed by atoms with E-state index in [0.29, 0.717) is 31.6 Å². The van der Waals surface area contributed by atoms with E-state index >= 15 is 0 Å². The molecule has 5 amide bonds. The van der Waals surface area contributed by atoms with Crippen LogP contribution >= 0.6 is 11.3 Å². The number of hydrogen-bond donors (Lipinski definition) is 3. The first-order valence-electron chi connectivity index (χ1n) is 10.9. The maximum absolute atomic E-state index is 13.0. The van der Waals surface area contributed by atoms with Crippen molar-refractivity contribution < 1.29 is 27.6 Å². The van der Waals surface area contributed by atoms with Crippen LogP contribution in [0.4, 0.5) is 9.80 Å². The van der Waals surface area contributed by atoms with E-state index < -0.39 is 27.9 Å². The highest BCUT2D eigenvalue weighted by Crippen LogP contribution is 2.37. The van der Waals surface area contributed by atoms with E-state index in [2.05, 4.69) is 5.32 Å². The number of nitrogens with zero attached hydrogens (tertiary/aromatic N) is 2. The van der Waals surface area contributed by atoms with Gasteiger partial charge in [-0.15, -0.1) is 11.3 Å². The zero-order valence-corrected chi connectivity index (χ0v) is 21.2. The molecular formula is C22H27N5O6S2. The van der Waals surface area contributed by atoms with Gasteiger partial charge in [0.2, 0.25) is 15.9 Å². The van der Waals surface area contributed by atoms with Crippen molar-refractivity contribution in [1.29, 1.82) is 0 Å². The lowest BCUT2D eigenvalue weighted by Crippen LogP contribution is -2.37. The van der Waals surface area contributed by atoms with Gasteiger partial charge in [0.1, 0.15) is 5.00 Å². The first-order chi connectivity index (χ1) is 16.5. The molecule has 0 atom stereocenters. The number of nitrogens with two attached hydrogens (primary N) is 1. The molecule has 1 aliphatic heterocycles. The van der Waals surface area contributed by atoms with Gasteiger partial charge >= 0.3 is 6.03 Å². The highest BCUT2D eigenvalue weighted by molar-refractivity contribution is 7.89. The number of sulfonamides is 1. The van der Waals surface area contributed by atoms with E-state index in [1.54, 1.807) is 18.7 Å². The third-order valence-corrected chi connectivity index (χ3v) is 8.85. The molecule has 3 rings (SSSR count). The van der Waals surface area contributed by atoms with Crippen LogP contribution < -0.4 is 16.4 Å². The van der Waals surface area contributed by atoms with Crippen LogP contribution in [0.3, 0.4) is 0 Å². The van der Waals surface area contributed by atoms with Crippen molar-refractivity contribution in [1.82, 2.24) is 14.5 Å². The minimum absolute atomic E-state index is 0.0650. The molecule has 2 heterocycles. The van der Waals surface area contributed by atoms with Crippen LogP contribution in [0.2, 0.25) is 0 Å². The van der Waals surface area contributed by atoms with E-state index in [1.165, 1.54) is 35.5 Å². The Bertz CT molecular complexity index is 1270. The molecule has 0 saturated heterocycles. The van der Waals surface area contributed by atoms with Crippen molar-refractivity contribution in [2.75, 3.05) is 25.0 Å². The summed E-state index contributed by atoms with van der Waals surface area (Å²) in [6, 6.07) is 4.46.